The Balaban J connectivity index is 2.57. The van der Waals surface area contributed by atoms with E-state index in [1.165, 1.54) is 0 Å². The smallest absolute Gasteiger partial charge is 0.163 e. The number of benzene rings is 1. The van der Waals surface area contributed by atoms with Gasteiger partial charge in [-0.1, -0.05) is 0 Å². The zero-order chi connectivity index (χ0) is 9.42. The summed E-state index contributed by atoms with van der Waals surface area (Å²) >= 11 is 0. The fraction of sp³-hybridized carbons (Fsp3) is 0.300. The summed E-state index contributed by atoms with van der Waals surface area (Å²) in [4.78, 5) is 11.3. The van der Waals surface area contributed by atoms with Gasteiger partial charge in [0.25, 0.3) is 0 Å². The molecule has 0 unspecified atom stereocenters. The highest BCUT2D eigenvalue weighted by Gasteiger charge is 2.21. The monoisotopic (exact) mass is 177 g/mol. The van der Waals surface area contributed by atoms with E-state index in [1.54, 1.807) is 13.2 Å². The molecule has 2 N–H and O–H groups in total. The van der Waals surface area contributed by atoms with E-state index < -0.39 is 0 Å². The van der Waals surface area contributed by atoms with Crippen LogP contribution in [0.5, 0.6) is 5.75 Å². The maximum Gasteiger partial charge on any atom is 0.163 e. The number of ketones is 1. The van der Waals surface area contributed by atoms with Crippen molar-refractivity contribution in [3.05, 3.63) is 23.3 Å². The molecule has 0 spiro atoms. The second-order valence-electron chi connectivity index (χ2n) is 3.17. The second kappa shape index (κ2) is 2.76. The number of carbonyl (C=O) groups excluding carboxylic acids is 1. The van der Waals surface area contributed by atoms with Crippen LogP contribution in [0.3, 0.4) is 0 Å². The third-order valence-electron chi connectivity index (χ3n) is 2.38. The molecule has 0 saturated heterocycles. The first-order valence-corrected chi connectivity index (χ1v) is 4.22. The van der Waals surface area contributed by atoms with Crippen LogP contribution in [0.4, 0.5) is 5.69 Å². The van der Waals surface area contributed by atoms with E-state index in [0.717, 1.165) is 17.5 Å². The number of fused-ring (bicyclic) bond motifs is 1. The standard InChI is InChI=1S/C10H11NO2/c1-13-10-5-7-6(4-8(10)11)2-3-9(7)12/h4-5H,2-3,11H2,1H3. The molecule has 0 fully saturated rings. The van der Waals surface area contributed by atoms with Crippen LogP contribution in [-0.4, -0.2) is 12.9 Å². The molecule has 68 valence electrons. The lowest BCUT2D eigenvalue weighted by Crippen LogP contribution is -1.97. The predicted molar refractivity (Wildman–Crippen MR) is 50.1 cm³/mol. The highest BCUT2D eigenvalue weighted by atomic mass is 16.5. The molecule has 1 aliphatic rings. The average Bonchev–Trinajstić information content (AvgIpc) is 2.46. The molecule has 13 heavy (non-hydrogen) atoms. The van der Waals surface area contributed by atoms with Crippen LogP contribution in [0, 0.1) is 0 Å². The number of ether oxygens (including phenoxy) is 1. The van der Waals surface area contributed by atoms with Gasteiger partial charge in [0.15, 0.2) is 5.78 Å². The van der Waals surface area contributed by atoms with E-state index in [2.05, 4.69) is 0 Å². The first kappa shape index (κ1) is 8.10. The average molecular weight is 177 g/mol. The van der Waals surface area contributed by atoms with Gasteiger partial charge in [-0.05, 0) is 24.1 Å². The number of anilines is 1. The van der Waals surface area contributed by atoms with Crippen molar-refractivity contribution < 1.29 is 9.53 Å². The van der Waals surface area contributed by atoms with Gasteiger partial charge in [0.2, 0.25) is 0 Å². The Labute approximate surface area is 76.5 Å². The molecule has 0 amide bonds. The van der Waals surface area contributed by atoms with Crippen LogP contribution < -0.4 is 10.5 Å². The molecular formula is C10H11NO2. The van der Waals surface area contributed by atoms with E-state index in [-0.39, 0.29) is 5.78 Å². The van der Waals surface area contributed by atoms with E-state index in [0.29, 0.717) is 17.9 Å². The molecule has 2 rings (SSSR count). The van der Waals surface area contributed by atoms with E-state index in [1.807, 2.05) is 6.07 Å². The maximum absolute atomic E-state index is 11.3. The van der Waals surface area contributed by atoms with Crippen LogP contribution >= 0.6 is 0 Å². The first-order chi connectivity index (χ1) is 6.22. The Morgan fingerprint density at radius 2 is 2.15 bits per heavy atom. The molecule has 3 nitrogen and oxygen atoms in total. The number of nitrogen functional groups attached to an aromatic ring is 1. The fourth-order valence-corrected chi connectivity index (χ4v) is 1.67. The van der Waals surface area contributed by atoms with Gasteiger partial charge in [-0.3, -0.25) is 4.79 Å². The van der Waals surface area contributed by atoms with E-state index in [9.17, 15) is 4.79 Å². The van der Waals surface area contributed by atoms with Gasteiger partial charge >= 0.3 is 0 Å². The topological polar surface area (TPSA) is 52.3 Å². The second-order valence-corrected chi connectivity index (χ2v) is 3.17. The zero-order valence-corrected chi connectivity index (χ0v) is 7.46. The van der Waals surface area contributed by atoms with Crippen molar-refractivity contribution in [1.82, 2.24) is 0 Å². The summed E-state index contributed by atoms with van der Waals surface area (Å²) in [6.07, 6.45) is 1.41. The summed E-state index contributed by atoms with van der Waals surface area (Å²) in [6, 6.07) is 3.57. The number of methoxy groups -OCH3 is 1. The lowest BCUT2D eigenvalue weighted by atomic mass is 10.1. The van der Waals surface area contributed by atoms with Crippen molar-refractivity contribution in [3.63, 3.8) is 0 Å². The van der Waals surface area contributed by atoms with Crippen molar-refractivity contribution >= 4 is 11.5 Å². The number of rotatable bonds is 1. The Morgan fingerprint density at radius 3 is 2.85 bits per heavy atom. The van der Waals surface area contributed by atoms with Crippen LogP contribution in [-0.2, 0) is 6.42 Å². The summed E-state index contributed by atoms with van der Waals surface area (Å²) in [5, 5.41) is 0. The molecule has 1 aromatic rings. The minimum atomic E-state index is 0.188. The Hall–Kier alpha value is -1.51. The molecule has 1 aromatic carbocycles. The molecule has 0 aliphatic heterocycles. The van der Waals surface area contributed by atoms with Crippen LogP contribution in [0.1, 0.15) is 22.3 Å². The van der Waals surface area contributed by atoms with E-state index in [4.69, 9.17) is 10.5 Å². The Morgan fingerprint density at radius 1 is 1.38 bits per heavy atom. The van der Waals surface area contributed by atoms with Crippen molar-refractivity contribution in [2.24, 2.45) is 0 Å². The summed E-state index contributed by atoms with van der Waals surface area (Å²) < 4.78 is 5.04. The first-order valence-electron chi connectivity index (χ1n) is 4.22. The van der Waals surface area contributed by atoms with Crippen molar-refractivity contribution in [2.45, 2.75) is 12.8 Å². The number of Topliss-reactive ketones (excluding diaryl/α,β-unsaturated/α-hetero) is 1. The lowest BCUT2D eigenvalue weighted by molar-refractivity contribution is 0.0994. The summed E-state index contributed by atoms with van der Waals surface area (Å²) in [5.41, 5.74) is 8.13. The summed E-state index contributed by atoms with van der Waals surface area (Å²) in [6.45, 7) is 0. The molecule has 0 radical (unpaired) electrons. The highest BCUT2D eigenvalue weighted by Crippen LogP contribution is 2.31. The van der Waals surface area contributed by atoms with Gasteiger partial charge in [0, 0.05) is 12.0 Å². The molecule has 0 atom stereocenters. The van der Waals surface area contributed by atoms with Gasteiger partial charge in [-0.2, -0.15) is 0 Å². The third kappa shape index (κ3) is 1.16. The number of hydrogen-bond donors (Lipinski definition) is 1. The van der Waals surface area contributed by atoms with Crippen LogP contribution in [0.2, 0.25) is 0 Å². The number of nitrogens with two attached hydrogens (primary N) is 1. The normalized spacial score (nSPS) is 14.4. The quantitative estimate of drug-likeness (QED) is 0.660. The summed E-state index contributed by atoms with van der Waals surface area (Å²) in [7, 11) is 1.55. The number of aryl methyl sites for hydroxylation is 1. The molecule has 0 heterocycles. The largest absolute Gasteiger partial charge is 0.495 e. The van der Waals surface area contributed by atoms with Crippen LogP contribution in [0.25, 0.3) is 0 Å². The number of hydrogen-bond acceptors (Lipinski definition) is 3. The minimum absolute atomic E-state index is 0.188. The Bertz CT molecular complexity index is 371. The third-order valence-corrected chi connectivity index (χ3v) is 2.38. The lowest BCUT2D eigenvalue weighted by Gasteiger charge is -2.06. The Kier molecular flexibility index (Phi) is 1.72. The zero-order valence-electron chi connectivity index (χ0n) is 7.46. The molecule has 0 saturated carbocycles. The number of carbonyl (C=O) groups is 1. The van der Waals surface area contributed by atoms with Gasteiger partial charge < -0.3 is 10.5 Å². The van der Waals surface area contributed by atoms with Crippen molar-refractivity contribution in [3.8, 4) is 5.75 Å². The van der Waals surface area contributed by atoms with Gasteiger partial charge in [-0.25, -0.2) is 0 Å². The summed E-state index contributed by atoms with van der Waals surface area (Å²) in [5.74, 6) is 0.780. The van der Waals surface area contributed by atoms with Gasteiger partial charge in [0.1, 0.15) is 5.75 Å². The predicted octanol–water partition coefficient (Wildman–Crippen LogP) is 1.41. The molecule has 3 heteroatoms. The van der Waals surface area contributed by atoms with E-state index >= 15 is 0 Å². The van der Waals surface area contributed by atoms with Crippen molar-refractivity contribution in [1.29, 1.82) is 0 Å². The minimum Gasteiger partial charge on any atom is -0.495 e. The molecule has 1 aliphatic carbocycles. The molecule has 0 aromatic heterocycles. The van der Waals surface area contributed by atoms with Gasteiger partial charge in [-0.15, -0.1) is 0 Å². The SMILES string of the molecule is COc1cc2c(cc1N)CCC2=O. The fourth-order valence-electron chi connectivity index (χ4n) is 1.67. The highest BCUT2D eigenvalue weighted by molar-refractivity contribution is 6.01. The van der Waals surface area contributed by atoms with Crippen molar-refractivity contribution in [2.75, 3.05) is 12.8 Å². The maximum atomic E-state index is 11.3. The molecular weight excluding hydrogens is 166 g/mol. The molecule has 0 bridgehead atoms. The van der Waals surface area contributed by atoms with Crippen LogP contribution in [0.15, 0.2) is 12.1 Å². The van der Waals surface area contributed by atoms with Gasteiger partial charge in [0.05, 0.1) is 12.8 Å².